The van der Waals surface area contributed by atoms with Gasteiger partial charge in [0, 0.05) is 25.7 Å². The topological polar surface area (TPSA) is 39.1 Å². The molecular weight excluding hydrogens is 198 g/mol. The van der Waals surface area contributed by atoms with E-state index in [4.69, 9.17) is 5.26 Å². The molecule has 1 aliphatic heterocycles. The van der Waals surface area contributed by atoms with Crippen LogP contribution in [0, 0.1) is 22.7 Å². The third kappa shape index (κ3) is 4.96. The van der Waals surface area contributed by atoms with Gasteiger partial charge in [-0.1, -0.05) is 27.7 Å². The molecule has 2 unspecified atom stereocenters. The van der Waals surface area contributed by atoms with Crippen LogP contribution in [0.2, 0.25) is 0 Å². The van der Waals surface area contributed by atoms with Crippen LogP contribution < -0.4 is 5.32 Å². The fourth-order valence-corrected chi connectivity index (χ4v) is 2.29. The molecule has 0 amide bonds. The highest BCUT2D eigenvalue weighted by Crippen LogP contribution is 2.18. The van der Waals surface area contributed by atoms with Crippen molar-refractivity contribution >= 4 is 0 Å². The van der Waals surface area contributed by atoms with Gasteiger partial charge >= 0.3 is 0 Å². The number of nitrogens with zero attached hydrogens (tertiary/aromatic N) is 2. The van der Waals surface area contributed by atoms with Crippen molar-refractivity contribution in [3.05, 3.63) is 0 Å². The van der Waals surface area contributed by atoms with Crippen LogP contribution in [0.5, 0.6) is 0 Å². The number of nitrogens with one attached hydrogen (secondary N) is 1. The van der Waals surface area contributed by atoms with Crippen molar-refractivity contribution in [1.82, 2.24) is 10.2 Å². The van der Waals surface area contributed by atoms with Gasteiger partial charge in [0.15, 0.2) is 0 Å². The van der Waals surface area contributed by atoms with E-state index in [-0.39, 0.29) is 0 Å². The van der Waals surface area contributed by atoms with Crippen molar-refractivity contribution in [3.8, 4) is 6.07 Å². The Labute approximate surface area is 99.8 Å². The van der Waals surface area contributed by atoms with Crippen molar-refractivity contribution in [3.63, 3.8) is 0 Å². The SMILES string of the molecule is CC1CC(NCC(C)(C)C)CN(CC#N)C1. The number of rotatable bonds is 3. The molecule has 3 nitrogen and oxygen atoms in total. The second kappa shape index (κ2) is 5.65. The molecule has 3 heteroatoms. The molecule has 0 bridgehead atoms. The van der Waals surface area contributed by atoms with Crippen LogP contribution in [0.4, 0.5) is 0 Å². The van der Waals surface area contributed by atoms with Gasteiger partial charge in [0.1, 0.15) is 0 Å². The van der Waals surface area contributed by atoms with Gasteiger partial charge in [0.05, 0.1) is 12.6 Å². The molecule has 1 saturated heterocycles. The summed E-state index contributed by atoms with van der Waals surface area (Å²) in [4.78, 5) is 2.26. The Morgan fingerprint density at radius 1 is 1.38 bits per heavy atom. The van der Waals surface area contributed by atoms with Crippen molar-refractivity contribution < 1.29 is 0 Å². The Morgan fingerprint density at radius 2 is 2.06 bits per heavy atom. The zero-order chi connectivity index (χ0) is 12.2. The molecular formula is C13H25N3. The van der Waals surface area contributed by atoms with E-state index in [0.717, 1.165) is 19.6 Å². The lowest BCUT2D eigenvalue weighted by Crippen LogP contribution is -2.50. The van der Waals surface area contributed by atoms with Crippen molar-refractivity contribution in [2.45, 2.75) is 40.2 Å². The fourth-order valence-electron chi connectivity index (χ4n) is 2.29. The van der Waals surface area contributed by atoms with E-state index < -0.39 is 0 Å². The lowest BCUT2D eigenvalue weighted by atomic mass is 9.93. The van der Waals surface area contributed by atoms with Gasteiger partial charge < -0.3 is 5.32 Å². The molecule has 0 radical (unpaired) electrons. The van der Waals surface area contributed by atoms with E-state index >= 15 is 0 Å². The minimum atomic E-state index is 0.334. The smallest absolute Gasteiger partial charge is 0.0866 e. The van der Waals surface area contributed by atoms with E-state index in [1.807, 2.05) is 0 Å². The normalized spacial score (nSPS) is 27.7. The lowest BCUT2D eigenvalue weighted by Gasteiger charge is -2.36. The van der Waals surface area contributed by atoms with Gasteiger partial charge in [-0.2, -0.15) is 5.26 Å². The molecule has 16 heavy (non-hydrogen) atoms. The molecule has 2 atom stereocenters. The molecule has 1 aliphatic rings. The number of nitriles is 1. The lowest BCUT2D eigenvalue weighted by molar-refractivity contribution is 0.157. The zero-order valence-corrected chi connectivity index (χ0v) is 11.1. The average molecular weight is 223 g/mol. The summed E-state index contributed by atoms with van der Waals surface area (Å²) in [6, 6.07) is 2.80. The minimum Gasteiger partial charge on any atom is -0.312 e. The van der Waals surface area contributed by atoms with E-state index in [9.17, 15) is 0 Å². The van der Waals surface area contributed by atoms with Crippen molar-refractivity contribution in [2.24, 2.45) is 11.3 Å². The number of hydrogen-bond acceptors (Lipinski definition) is 3. The summed E-state index contributed by atoms with van der Waals surface area (Å²) in [6.07, 6.45) is 1.23. The number of piperidine rings is 1. The maximum absolute atomic E-state index is 8.74. The van der Waals surface area contributed by atoms with Gasteiger partial charge in [0.2, 0.25) is 0 Å². The molecule has 0 aliphatic carbocycles. The quantitative estimate of drug-likeness (QED) is 0.742. The van der Waals surface area contributed by atoms with Crippen LogP contribution in [-0.4, -0.2) is 37.1 Å². The molecule has 0 saturated carbocycles. The van der Waals surface area contributed by atoms with E-state index in [2.05, 4.69) is 44.0 Å². The summed E-state index contributed by atoms with van der Waals surface area (Å²) in [5.74, 6) is 0.694. The molecule has 0 aromatic heterocycles. The third-order valence-corrected chi connectivity index (χ3v) is 2.95. The first kappa shape index (κ1) is 13.5. The maximum atomic E-state index is 8.74. The number of likely N-dealkylation sites (tertiary alicyclic amines) is 1. The fraction of sp³-hybridized carbons (Fsp3) is 0.923. The van der Waals surface area contributed by atoms with Crippen LogP contribution in [0.1, 0.15) is 34.1 Å². The Morgan fingerprint density at radius 3 is 2.62 bits per heavy atom. The predicted molar refractivity (Wildman–Crippen MR) is 67.1 cm³/mol. The van der Waals surface area contributed by atoms with Gasteiger partial charge in [-0.3, -0.25) is 4.90 Å². The standard InChI is InChI=1S/C13H25N3/c1-11-7-12(15-10-13(2,3)4)9-16(8-11)6-5-14/h11-12,15H,6-10H2,1-4H3. The summed E-state index contributed by atoms with van der Waals surface area (Å²) >= 11 is 0. The summed E-state index contributed by atoms with van der Waals surface area (Å²) in [5, 5.41) is 12.4. The second-order valence-corrected chi connectivity index (χ2v) is 6.33. The van der Waals surface area contributed by atoms with Crippen LogP contribution in [0.25, 0.3) is 0 Å². The molecule has 1 fully saturated rings. The van der Waals surface area contributed by atoms with Crippen LogP contribution in [0.3, 0.4) is 0 Å². The van der Waals surface area contributed by atoms with Crippen molar-refractivity contribution in [1.29, 1.82) is 5.26 Å². The predicted octanol–water partition coefficient (Wildman–Crippen LogP) is 1.86. The molecule has 1 N–H and O–H groups in total. The van der Waals surface area contributed by atoms with Gasteiger partial charge in [-0.15, -0.1) is 0 Å². The zero-order valence-electron chi connectivity index (χ0n) is 11.1. The Kier molecular flexibility index (Phi) is 4.76. The minimum absolute atomic E-state index is 0.334. The summed E-state index contributed by atoms with van der Waals surface area (Å²) in [5.41, 5.74) is 0.334. The summed E-state index contributed by atoms with van der Waals surface area (Å²) in [7, 11) is 0. The second-order valence-electron chi connectivity index (χ2n) is 6.33. The molecule has 0 aromatic carbocycles. The largest absolute Gasteiger partial charge is 0.312 e. The molecule has 0 spiro atoms. The molecule has 1 heterocycles. The first-order valence-corrected chi connectivity index (χ1v) is 6.23. The highest BCUT2D eigenvalue weighted by molar-refractivity contribution is 4.87. The molecule has 1 rings (SSSR count). The van der Waals surface area contributed by atoms with Crippen LogP contribution in [-0.2, 0) is 0 Å². The Hall–Kier alpha value is -0.590. The Balaban J connectivity index is 2.39. The first-order valence-electron chi connectivity index (χ1n) is 6.23. The summed E-state index contributed by atoms with van der Waals surface area (Å²) < 4.78 is 0. The van der Waals surface area contributed by atoms with E-state index in [1.165, 1.54) is 6.42 Å². The van der Waals surface area contributed by atoms with Crippen LogP contribution in [0.15, 0.2) is 0 Å². The van der Waals surface area contributed by atoms with Crippen LogP contribution >= 0.6 is 0 Å². The highest BCUT2D eigenvalue weighted by Gasteiger charge is 2.25. The van der Waals surface area contributed by atoms with Gasteiger partial charge in [0.25, 0.3) is 0 Å². The van der Waals surface area contributed by atoms with E-state index in [0.29, 0.717) is 23.9 Å². The molecule has 92 valence electrons. The number of hydrogen-bond donors (Lipinski definition) is 1. The Bertz CT molecular complexity index is 249. The average Bonchev–Trinajstić information content (AvgIpc) is 2.13. The highest BCUT2D eigenvalue weighted by atomic mass is 15.2. The third-order valence-electron chi connectivity index (χ3n) is 2.95. The van der Waals surface area contributed by atoms with Gasteiger partial charge in [-0.25, -0.2) is 0 Å². The van der Waals surface area contributed by atoms with Gasteiger partial charge in [-0.05, 0) is 17.8 Å². The summed E-state index contributed by atoms with van der Waals surface area (Å²) in [6.45, 7) is 12.7. The molecule has 0 aromatic rings. The maximum Gasteiger partial charge on any atom is 0.0866 e. The van der Waals surface area contributed by atoms with E-state index in [1.54, 1.807) is 0 Å². The van der Waals surface area contributed by atoms with Crippen molar-refractivity contribution in [2.75, 3.05) is 26.2 Å². The monoisotopic (exact) mass is 223 g/mol. The first-order chi connectivity index (χ1) is 7.40.